The van der Waals surface area contributed by atoms with Crippen LogP contribution in [0.15, 0.2) is 48.5 Å². The van der Waals surface area contributed by atoms with Gasteiger partial charge in [0.2, 0.25) is 0 Å². The van der Waals surface area contributed by atoms with Gasteiger partial charge in [0.05, 0.1) is 19.3 Å². The van der Waals surface area contributed by atoms with E-state index in [0.717, 1.165) is 5.56 Å². The Hall–Kier alpha value is -3.02. The maximum Gasteiger partial charge on any atom is 0.344 e. The molecule has 0 radical (unpaired) electrons. The molecule has 6 heteroatoms. The van der Waals surface area contributed by atoms with Gasteiger partial charge in [-0.05, 0) is 36.8 Å². The molecule has 0 atom stereocenters. The summed E-state index contributed by atoms with van der Waals surface area (Å²) in [6.45, 7) is 2.25. The minimum Gasteiger partial charge on any atom is -0.490 e. The van der Waals surface area contributed by atoms with Crippen molar-refractivity contribution in [2.45, 2.75) is 13.5 Å². The summed E-state index contributed by atoms with van der Waals surface area (Å²) in [5, 5.41) is 0. The number of rotatable bonds is 8. The van der Waals surface area contributed by atoms with Crippen molar-refractivity contribution in [1.29, 1.82) is 0 Å². The topological polar surface area (TPSA) is 71.1 Å². The van der Waals surface area contributed by atoms with Crippen molar-refractivity contribution in [3.63, 3.8) is 0 Å². The fourth-order valence-electron chi connectivity index (χ4n) is 2.04. The molecule has 0 heterocycles. The normalized spacial score (nSPS) is 10.0. The minimum absolute atomic E-state index is 0.0940. The number of para-hydroxylation sites is 2. The molecule has 0 spiro atoms. The molecule has 2 rings (SSSR count). The third-order valence-electron chi connectivity index (χ3n) is 3.27. The van der Waals surface area contributed by atoms with Gasteiger partial charge in [-0.25, -0.2) is 9.59 Å². The Bertz CT molecular complexity index is 708. The molecule has 0 unspecified atom stereocenters. The number of carbonyl (C=O) groups excluding carboxylic acids is 2. The van der Waals surface area contributed by atoms with Crippen molar-refractivity contribution in [3.8, 4) is 11.5 Å². The standard InChI is InChI=1S/C19H20O6/c1-3-23-16-6-4-5-7-17(16)24-13-18(20)25-12-14-8-10-15(11-9-14)19(21)22-2/h4-11H,3,12-13H2,1-2H3. The summed E-state index contributed by atoms with van der Waals surface area (Å²) in [7, 11) is 1.32. The summed E-state index contributed by atoms with van der Waals surface area (Å²) in [5.41, 5.74) is 1.20. The molecule has 0 saturated heterocycles. The van der Waals surface area contributed by atoms with E-state index in [1.807, 2.05) is 13.0 Å². The Morgan fingerprint density at radius 3 is 2.16 bits per heavy atom. The van der Waals surface area contributed by atoms with Crippen molar-refractivity contribution < 1.29 is 28.5 Å². The lowest BCUT2D eigenvalue weighted by molar-refractivity contribution is -0.147. The van der Waals surface area contributed by atoms with Gasteiger partial charge in [-0.1, -0.05) is 24.3 Å². The Kier molecular flexibility index (Phi) is 6.83. The second-order valence-corrected chi connectivity index (χ2v) is 5.02. The largest absolute Gasteiger partial charge is 0.490 e. The van der Waals surface area contributed by atoms with E-state index in [1.165, 1.54) is 7.11 Å². The summed E-state index contributed by atoms with van der Waals surface area (Å²) in [6.07, 6.45) is 0. The van der Waals surface area contributed by atoms with Crippen molar-refractivity contribution >= 4 is 11.9 Å². The number of esters is 2. The van der Waals surface area contributed by atoms with Crippen LogP contribution in [0.5, 0.6) is 11.5 Å². The van der Waals surface area contributed by atoms with Crippen molar-refractivity contribution in [2.24, 2.45) is 0 Å². The Balaban J connectivity index is 1.82. The van der Waals surface area contributed by atoms with Crippen LogP contribution in [-0.2, 0) is 20.9 Å². The van der Waals surface area contributed by atoms with Gasteiger partial charge in [0, 0.05) is 0 Å². The lowest BCUT2D eigenvalue weighted by Crippen LogP contribution is -2.15. The van der Waals surface area contributed by atoms with Crippen LogP contribution in [0.25, 0.3) is 0 Å². The van der Waals surface area contributed by atoms with E-state index in [4.69, 9.17) is 14.2 Å². The Labute approximate surface area is 146 Å². The molecule has 0 amide bonds. The number of benzene rings is 2. The zero-order valence-corrected chi connectivity index (χ0v) is 14.2. The number of ether oxygens (including phenoxy) is 4. The van der Waals surface area contributed by atoms with Crippen molar-refractivity contribution in [2.75, 3.05) is 20.3 Å². The third-order valence-corrected chi connectivity index (χ3v) is 3.27. The van der Waals surface area contributed by atoms with Crippen LogP contribution in [0.4, 0.5) is 0 Å². The average Bonchev–Trinajstić information content (AvgIpc) is 2.65. The van der Waals surface area contributed by atoms with Crippen LogP contribution in [0.3, 0.4) is 0 Å². The molecule has 6 nitrogen and oxygen atoms in total. The molecular weight excluding hydrogens is 324 g/mol. The summed E-state index contributed by atoms with van der Waals surface area (Å²) >= 11 is 0. The van der Waals surface area contributed by atoms with Crippen molar-refractivity contribution in [1.82, 2.24) is 0 Å². The smallest absolute Gasteiger partial charge is 0.344 e. The molecular formula is C19H20O6. The molecule has 0 aliphatic rings. The molecule has 0 saturated carbocycles. The fourth-order valence-corrected chi connectivity index (χ4v) is 2.04. The molecule has 0 aromatic heterocycles. The van der Waals surface area contributed by atoms with Crippen LogP contribution < -0.4 is 9.47 Å². The summed E-state index contributed by atoms with van der Waals surface area (Å²) in [4.78, 5) is 23.2. The Morgan fingerprint density at radius 1 is 0.920 bits per heavy atom. The maximum atomic E-state index is 11.8. The van der Waals surface area contributed by atoms with Gasteiger partial charge in [0.15, 0.2) is 18.1 Å². The SMILES string of the molecule is CCOc1ccccc1OCC(=O)OCc1ccc(C(=O)OC)cc1. The minimum atomic E-state index is -0.497. The van der Waals surface area contributed by atoms with E-state index in [0.29, 0.717) is 23.7 Å². The predicted octanol–water partition coefficient (Wildman–Crippen LogP) is 2.99. The van der Waals surface area contributed by atoms with Crippen LogP contribution in [0.1, 0.15) is 22.8 Å². The van der Waals surface area contributed by atoms with Crippen LogP contribution in [-0.4, -0.2) is 32.3 Å². The van der Waals surface area contributed by atoms with Gasteiger partial charge < -0.3 is 18.9 Å². The molecule has 0 fully saturated rings. The van der Waals surface area contributed by atoms with Crippen LogP contribution in [0, 0.1) is 0 Å². The zero-order valence-electron chi connectivity index (χ0n) is 14.2. The second-order valence-electron chi connectivity index (χ2n) is 5.02. The lowest BCUT2D eigenvalue weighted by atomic mass is 10.1. The van der Waals surface area contributed by atoms with E-state index in [9.17, 15) is 9.59 Å². The number of hydrogen-bond acceptors (Lipinski definition) is 6. The summed E-state index contributed by atoms with van der Waals surface area (Å²) < 4.78 is 20.6. The third kappa shape index (κ3) is 5.53. The highest BCUT2D eigenvalue weighted by Crippen LogP contribution is 2.26. The molecule has 0 N–H and O–H groups in total. The van der Waals surface area contributed by atoms with Gasteiger partial charge in [0.25, 0.3) is 0 Å². The van der Waals surface area contributed by atoms with E-state index in [1.54, 1.807) is 42.5 Å². The van der Waals surface area contributed by atoms with E-state index in [2.05, 4.69) is 4.74 Å². The quantitative estimate of drug-likeness (QED) is 0.686. The van der Waals surface area contributed by atoms with E-state index >= 15 is 0 Å². The molecule has 0 bridgehead atoms. The van der Waals surface area contributed by atoms with Gasteiger partial charge >= 0.3 is 11.9 Å². The van der Waals surface area contributed by atoms with Gasteiger partial charge in [-0.2, -0.15) is 0 Å². The Morgan fingerprint density at radius 2 is 1.56 bits per heavy atom. The molecule has 25 heavy (non-hydrogen) atoms. The summed E-state index contributed by atoms with van der Waals surface area (Å²) in [6, 6.07) is 13.8. The number of methoxy groups -OCH3 is 1. The first kappa shape index (κ1) is 18.3. The van der Waals surface area contributed by atoms with E-state index < -0.39 is 11.9 Å². The molecule has 0 aliphatic carbocycles. The fraction of sp³-hybridized carbons (Fsp3) is 0.263. The molecule has 0 aliphatic heterocycles. The average molecular weight is 344 g/mol. The van der Waals surface area contributed by atoms with Gasteiger partial charge in [-0.3, -0.25) is 0 Å². The van der Waals surface area contributed by atoms with E-state index in [-0.39, 0.29) is 13.2 Å². The first-order valence-electron chi connectivity index (χ1n) is 7.81. The number of carbonyl (C=O) groups is 2. The molecule has 2 aromatic carbocycles. The van der Waals surface area contributed by atoms with Gasteiger partial charge in [0.1, 0.15) is 6.61 Å². The monoisotopic (exact) mass is 344 g/mol. The first-order valence-corrected chi connectivity index (χ1v) is 7.81. The van der Waals surface area contributed by atoms with Gasteiger partial charge in [-0.15, -0.1) is 0 Å². The highest BCUT2D eigenvalue weighted by Gasteiger charge is 2.09. The zero-order chi connectivity index (χ0) is 18.1. The summed E-state index contributed by atoms with van der Waals surface area (Å²) in [5.74, 6) is 0.160. The maximum absolute atomic E-state index is 11.8. The predicted molar refractivity (Wildman–Crippen MR) is 90.7 cm³/mol. The first-order chi connectivity index (χ1) is 12.1. The van der Waals surface area contributed by atoms with Crippen molar-refractivity contribution in [3.05, 3.63) is 59.7 Å². The lowest BCUT2D eigenvalue weighted by Gasteiger charge is -2.11. The van der Waals surface area contributed by atoms with Crippen LogP contribution >= 0.6 is 0 Å². The highest BCUT2D eigenvalue weighted by atomic mass is 16.6. The highest BCUT2D eigenvalue weighted by molar-refractivity contribution is 5.89. The van der Waals surface area contributed by atoms with Crippen LogP contribution in [0.2, 0.25) is 0 Å². The number of hydrogen-bond donors (Lipinski definition) is 0. The second kappa shape index (κ2) is 9.32. The molecule has 2 aromatic rings. The molecule has 132 valence electrons.